The summed E-state index contributed by atoms with van der Waals surface area (Å²) < 4.78 is 0. The summed E-state index contributed by atoms with van der Waals surface area (Å²) in [7, 11) is 0. The number of piperidine rings is 1. The summed E-state index contributed by atoms with van der Waals surface area (Å²) in [6.07, 6.45) is 6.98. The molecule has 3 unspecified atom stereocenters. The van der Waals surface area contributed by atoms with Crippen LogP contribution in [0.25, 0.3) is 0 Å². The van der Waals surface area contributed by atoms with Crippen molar-refractivity contribution in [1.29, 1.82) is 0 Å². The highest BCUT2D eigenvalue weighted by molar-refractivity contribution is 6.31. The van der Waals surface area contributed by atoms with E-state index in [0.717, 1.165) is 17.6 Å². The Morgan fingerprint density at radius 3 is 2.88 bits per heavy atom. The van der Waals surface area contributed by atoms with Crippen molar-refractivity contribution < 1.29 is 14.4 Å². The van der Waals surface area contributed by atoms with Gasteiger partial charge in [-0.05, 0) is 50.0 Å². The minimum absolute atomic E-state index is 0.149. The molecule has 3 N–H and O–H groups in total. The minimum Gasteiger partial charge on any atom is -0.354 e. The number of carbonyl (C=O) groups excluding carboxylic acids is 3. The van der Waals surface area contributed by atoms with E-state index >= 15 is 0 Å². The summed E-state index contributed by atoms with van der Waals surface area (Å²) in [6, 6.07) is 4.00. The number of hydrogen-bond donors (Lipinski definition) is 3. The summed E-state index contributed by atoms with van der Waals surface area (Å²) in [5.41, 5.74) is 2.25. The third-order valence-corrected chi connectivity index (χ3v) is 6.41. The number of anilines is 1. The summed E-state index contributed by atoms with van der Waals surface area (Å²) in [5.74, 6) is -0.310. The molecule has 3 atom stereocenters. The standard InChI is InChI=1S/C23H26ClN5O3/c1-13-8-9-16(11-17(13)24)28-23(32)26-12-15-5-3-6-18-20(15)22(31)29(14(2)27-18)19-7-4-10-25-21(19)30/h3,5-6,8-9,11,18-20H,4,7,10,12H2,1-2H3,(H,25,30)(H2,26,28,32). The number of amides is 4. The molecule has 2 heterocycles. The number of aryl methyl sites for hydroxylation is 1. The van der Waals surface area contributed by atoms with Crippen LogP contribution in [-0.4, -0.2) is 53.8 Å². The Balaban J connectivity index is 1.45. The molecular formula is C23H26ClN5O3. The normalized spacial score (nSPS) is 24.8. The molecule has 0 bridgehead atoms. The van der Waals surface area contributed by atoms with Crippen molar-refractivity contribution in [3.63, 3.8) is 0 Å². The molecule has 2 aliphatic heterocycles. The van der Waals surface area contributed by atoms with Crippen LogP contribution in [0.3, 0.4) is 0 Å². The zero-order valence-electron chi connectivity index (χ0n) is 18.0. The quantitative estimate of drug-likeness (QED) is 0.650. The van der Waals surface area contributed by atoms with E-state index in [-0.39, 0.29) is 24.4 Å². The van der Waals surface area contributed by atoms with Crippen molar-refractivity contribution in [3.8, 4) is 0 Å². The zero-order chi connectivity index (χ0) is 22.8. The van der Waals surface area contributed by atoms with Gasteiger partial charge in [0.05, 0.1) is 12.0 Å². The van der Waals surface area contributed by atoms with Gasteiger partial charge in [-0.2, -0.15) is 0 Å². The van der Waals surface area contributed by atoms with E-state index in [1.165, 1.54) is 4.90 Å². The van der Waals surface area contributed by atoms with Gasteiger partial charge in [-0.15, -0.1) is 0 Å². The average molecular weight is 456 g/mol. The number of nitrogens with one attached hydrogen (secondary N) is 3. The van der Waals surface area contributed by atoms with Crippen LogP contribution >= 0.6 is 11.6 Å². The molecule has 0 radical (unpaired) electrons. The second kappa shape index (κ2) is 9.16. The van der Waals surface area contributed by atoms with Crippen LogP contribution in [0.1, 0.15) is 25.3 Å². The van der Waals surface area contributed by atoms with Crippen molar-refractivity contribution >= 4 is 41.0 Å². The molecule has 1 aromatic carbocycles. The lowest BCUT2D eigenvalue weighted by Crippen LogP contribution is -2.59. The van der Waals surface area contributed by atoms with Gasteiger partial charge in [0.25, 0.3) is 0 Å². The molecule has 0 aromatic heterocycles. The Labute approximate surface area is 191 Å². The number of halogens is 1. The predicted octanol–water partition coefficient (Wildman–Crippen LogP) is 2.79. The molecule has 32 heavy (non-hydrogen) atoms. The predicted molar refractivity (Wildman–Crippen MR) is 124 cm³/mol. The number of benzene rings is 1. The second-order valence-corrected chi connectivity index (χ2v) is 8.61. The second-order valence-electron chi connectivity index (χ2n) is 8.20. The third kappa shape index (κ3) is 4.41. The van der Waals surface area contributed by atoms with E-state index in [1.54, 1.807) is 19.1 Å². The Bertz CT molecular complexity index is 1050. The highest BCUT2D eigenvalue weighted by Crippen LogP contribution is 2.31. The molecule has 8 nitrogen and oxygen atoms in total. The van der Waals surface area contributed by atoms with Crippen molar-refractivity contribution in [1.82, 2.24) is 15.5 Å². The van der Waals surface area contributed by atoms with Crippen LogP contribution in [0.4, 0.5) is 10.5 Å². The Morgan fingerprint density at radius 1 is 1.31 bits per heavy atom. The topological polar surface area (TPSA) is 103 Å². The summed E-state index contributed by atoms with van der Waals surface area (Å²) >= 11 is 6.12. The Kier molecular flexibility index (Phi) is 6.32. The first kappa shape index (κ1) is 22.1. The lowest BCUT2D eigenvalue weighted by atomic mass is 9.84. The lowest BCUT2D eigenvalue weighted by molar-refractivity contribution is -0.140. The summed E-state index contributed by atoms with van der Waals surface area (Å²) in [6.45, 7) is 4.46. The number of allylic oxidation sites excluding steroid dienone is 2. The van der Waals surface area contributed by atoms with Crippen LogP contribution in [0.5, 0.6) is 0 Å². The summed E-state index contributed by atoms with van der Waals surface area (Å²) in [5, 5.41) is 8.96. The van der Waals surface area contributed by atoms with Gasteiger partial charge in [-0.25, -0.2) is 4.79 Å². The van der Waals surface area contributed by atoms with E-state index in [4.69, 9.17) is 11.6 Å². The summed E-state index contributed by atoms with van der Waals surface area (Å²) in [4.78, 5) is 44.5. The lowest BCUT2D eigenvalue weighted by Gasteiger charge is -2.41. The highest BCUT2D eigenvalue weighted by Gasteiger charge is 2.44. The fraction of sp³-hybridized carbons (Fsp3) is 0.391. The fourth-order valence-corrected chi connectivity index (χ4v) is 4.50. The van der Waals surface area contributed by atoms with E-state index in [0.29, 0.717) is 29.5 Å². The third-order valence-electron chi connectivity index (χ3n) is 6.00. The van der Waals surface area contributed by atoms with Gasteiger partial charge >= 0.3 is 6.03 Å². The number of urea groups is 1. The molecule has 168 valence electrons. The molecule has 0 spiro atoms. The Hall–Kier alpha value is -3.13. The van der Waals surface area contributed by atoms with Crippen molar-refractivity contribution in [2.75, 3.05) is 18.4 Å². The van der Waals surface area contributed by atoms with E-state index in [2.05, 4.69) is 20.9 Å². The molecule has 1 saturated heterocycles. The number of carbonyl (C=O) groups is 3. The maximum atomic E-state index is 13.5. The molecule has 3 aliphatic rings. The first-order valence-corrected chi connectivity index (χ1v) is 11.1. The van der Waals surface area contributed by atoms with Crippen LogP contribution in [0, 0.1) is 12.8 Å². The van der Waals surface area contributed by atoms with Crippen LogP contribution < -0.4 is 16.0 Å². The monoisotopic (exact) mass is 455 g/mol. The number of amidine groups is 1. The first-order chi connectivity index (χ1) is 15.3. The van der Waals surface area contributed by atoms with Crippen molar-refractivity contribution in [2.24, 2.45) is 10.9 Å². The molecule has 1 aromatic rings. The number of aliphatic imine (C=N–C) groups is 1. The van der Waals surface area contributed by atoms with Gasteiger partial charge < -0.3 is 16.0 Å². The number of nitrogens with zero attached hydrogens (tertiary/aromatic N) is 2. The van der Waals surface area contributed by atoms with Crippen LogP contribution in [-0.2, 0) is 9.59 Å². The minimum atomic E-state index is -0.549. The zero-order valence-corrected chi connectivity index (χ0v) is 18.8. The number of hydrogen-bond acceptors (Lipinski definition) is 4. The number of fused-ring (bicyclic) bond motifs is 1. The van der Waals surface area contributed by atoms with Crippen molar-refractivity contribution in [2.45, 2.75) is 38.8 Å². The molecule has 4 amide bonds. The van der Waals surface area contributed by atoms with Gasteiger partial charge in [-0.3, -0.25) is 19.5 Å². The van der Waals surface area contributed by atoms with Gasteiger partial charge in [0.1, 0.15) is 11.9 Å². The van der Waals surface area contributed by atoms with Gasteiger partial charge in [0.15, 0.2) is 0 Å². The average Bonchev–Trinajstić information content (AvgIpc) is 2.76. The Morgan fingerprint density at radius 2 is 2.12 bits per heavy atom. The first-order valence-electron chi connectivity index (χ1n) is 10.7. The van der Waals surface area contributed by atoms with Crippen LogP contribution in [0.15, 0.2) is 47.0 Å². The molecule has 4 rings (SSSR count). The number of rotatable bonds is 4. The smallest absolute Gasteiger partial charge is 0.319 e. The highest BCUT2D eigenvalue weighted by atomic mass is 35.5. The van der Waals surface area contributed by atoms with Gasteiger partial charge in [0.2, 0.25) is 11.8 Å². The molecule has 9 heteroatoms. The fourth-order valence-electron chi connectivity index (χ4n) is 4.32. The van der Waals surface area contributed by atoms with E-state index in [9.17, 15) is 14.4 Å². The van der Waals surface area contributed by atoms with Gasteiger partial charge in [0, 0.05) is 23.8 Å². The largest absolute Gasteiger partial charge is 0.354 e. The van der Waals surface area contributed by atoms with Crippen molar-refractivity contribution in [3.05, 3.63) is 52.6 Å². The SMILES string of the molecule is CC1=NC2C=CC=C(CNC(=O)Nc3ccc(C)c(Cl)c3)C2C(=O)N1C1CCCNC1=O. The van der Waals surface area contributed by atoms with E-state index in [1.807, 2.05) is 31.2 Å². The van der Waals surface area contributed by atoms with Gasteiger partial charge in [-0.1, -0.05) is 35.9 Å². The maximum Gasteiger partial charge on any atom is 0.319 e. The van der Waals surface area contributed by atoms with Crippen LogP contribution in [0.2, 0.25) is 5.02 Å². The molecular weight excluding hydrogens is 430 g/mol. The molecule has 0 saturated carbocycles. The molecule has 1 fully saturated rings. The maximum absolute atomic E-state index is 13.5. The van der Waals surface area contributed by atoms with E-state index < -0.39 is 18.0 Å². The molecule has 1 aliphatic carbocycles.